The Morgan fingerprint density at radius 2 is 1.95 bits per heavy atom. The highest BCUT2D eigenvalue weighted by atomic mass is 16.6. The van der Waals surface area contributed by atoms with Crippen molar-refractivity contribution in [2.45, 2.75) is 12.5 Å². The van der Waals surface area contributed by atoms with Gasteiger partial charge in [-0.15, -0.1) is 0 Å². The van der Waals surface area contributed by atoms with Crippen LogP contribution in [0.5, 0.6) is 0 Å². The number of nitro groups is 1. The van der Waals surface area contributed by atoms with Crippen molar-refractivity contribution in [3.63, 3.8) is 0 Å². The molecule has 1 N–H and O–H groups in total. The van der Waals surface area contributed by atoms with E-state index >= 15 is 0 Å². The maximum Gasteiger partial charge on any atom is 0.492 e. The monoisotopic (exact) mass is 283 g/mol. The van der Waals surface area contributed by atoms with Crippen LogP contribution in [0, 0.1) is 10.1 Å². The fraction of sp³-hybridized carbons (Fsp3) is 0.200. The van der Waals surface area contributed by atoms with Crippen LogP contribution in [-0.2, 0) is 11.1 Å². The first-order valence-corrected chi connectivity index (χ1v) is 6.75. The second kappa shape index (κ2) is 5.67. The molecular formula is C15H14BNO4. The molecule has 0 saturated heterocycles. The summed E-state index contributed by atoms with van der Waals surface area (Å²) >= 11 is 0. The number of fused-ring (bicyclic) bond motifs is 1. The molecule has 2 aromatic rings. The van der Waals surface area contributed by atoms with Crippen LogP contribution in [0.25, 0.3) is 0 Å². The van der Waals surface area contributed by atoms with Crippen molar-refractivity contribution >= 4 is 12.6 Å². The zero-order valence-corrected chi connectivity index (χ0v) is 11.3. The van der Waals surface area contributed by atoms with Crippen molar-refractivity contribution in [3.05, 3.63) is 75.3 Å². The van der Waals surface area contributed by atoms with Crippen molar-refractivity contribution in [2.24, 2.45) is 0 Å². The summed E-state index contributed by atoms with van der Waals surface area (Å²) < 4.78 is 5.26. The molecule has 0 saturated carbocycles. The van der Waals surface area contributed by atoms with Gasteiger partial charge in [0, 0.05) is 4.92 Å². The van der Waals surface area contributed by atoms with Gasteiger partial charge in [0.25, 0.3) is 0 Å². The average Bonchev–Trinajstić information content (AvgIpc) is 2.75. The molecule has 0 aromatic heterocycles. The highest BCUT2D eigenvalue weighted by Crippen LogP contribution is 2.24. The lowest BCUT2D eigenvalue weighted by Gasteiger charge is -2.07. The summed E-state index contributed by atoms with van der Waals surface area (Å²) in [7, 11) is -1.08. The summed E-state index contributed by atoms with van der Waals surface area (Å²) in [4.78, 5) is 10.2. The Hall–Kier alpha value is -2.18. The van der Waals surface area contributed by atoms with Crippen molar-refractivity contribution in [1.82, 2.24) is 0 Å². The van der Waals surface area contributed by atoms with E-state index in [0.717, 1.165) is 12.0 Å². The van der Waals surface area contributed by atoms with Crippen LogP contribution < -0.4 is 5.46 Å². The summed E-state index contributed by atoms with van der Waals surface area (Å²) in [5.41, 5.74) is 3.56. The minimum absolute atomic E-state index is 0.331. The van der Waals surface area contributed by atoms with Gasteiger partial charge in [-0.05, 0) is 28.6 Å². The lowest BCUT2D eigenvalue weighted by Crippen LogP contribution is -2.28. The van der Waals surface area contributed by atoms with Gasteiger partial charge < -0.3 is 9.68 Å². The van der Waals surface area contributed by atoms with Crippen LogP contribution in [-0.4, -0.2) is 23.6 Å². The molecule has 0 spiro atoms. The van der Waals surface area contributed by atoms with E-state index in [-0.39, 0.29) is 6.54 Å². The zero-order chi connectivity index (χ0) is 14.8. The zero-order valence-electron chi connectivity index (χ0n) is 11.3. The Balaban J connectivity index is 1.85. The Morgan fingerprint density at radius 3 is 2.67 bits per heavy atom. The molecule has 106 valence electrons. The van der Waals surface area contributed by atoms with Gasteiger partial charge in [0.2, 0.25) is 6.54 Å². The molecule has 0 bridgehead atoms. The van der Waals surface area contributed by atoms with Crippen LogP contribution in [0.4, 0.5) is 0 Å². The number of nitrogens with zero attached hydrogens (tertiary/aromatic N) is 1. The SMILES string of the molecule is O=[N+]([O-])CC1OB(O)c2cc(Cc3ccccc3)ccc21. The van der Waals surface area contributed by atoms with Gasteiger partial charge in [0.05, 0.1) is 0 Å². The van der Waals surface area contributed by atoms with Crippen LogP contribution in [0.15, 0.2) is 48.5 Å². The molecular weight excluding hydrogens is 269 g/mol. The summed E-state index contributed by atoms with van der Waals surface area (Å²) in [6.45, 7) is -0.331. The highest BCUT2D eigenvalue weighted by molar-refractivity contribution is 6.61. The highest BCUT2D eigenvalue weighted by Gasteiger charge is 2.37. The molecule has 1 aliphatic heterocycles. The molecule has 1 aliphatic rings. The average molecular weight is 283 g/mol. The molecule has 0 aliphatic carbocycles. The summed E-state index contributed by atoms with van der Waals surface area (Å²) in [6, 6.07) is 15.6. The van der Waals surface area contributed by atoms with Gasteiger partial charge in [-0.25, -0.2) is 0 Å². The third-order valence-electron chi connectivity index (χ3n) is 3.62. The van der Waals surface area contributed by atoms with E-state index in [1.165, 1.54) is 5.56 Å². The largest absolute Gasteiger partial charge is 0.492 e. The fourth-order valence-corrected chi connectivity index (χ4v) is 2.65. The van der Waals surface area contributed by atoms with Crippen molar-refractivity contribution in [2.75, 3.05) is 6.54 Å². The van der Waals surface area contributed by atoms with Crippen molar-refractivity contribution in [1.29, 1.82) is 0 Å². The van der Waals surface area contributed by atoms with Crippen molar-refractivity contribution in [3.8, 4) is 0 Å². The number of benzene rings is 2. The molecule has 1 unspecified atom stereocenters. The lowest BCUT2D eigenvalue weighted by molar-refractivity contribution is -0.490. The second-order valence-corrected chi connectivity index (χ2v) is 5.12. The Morgan fingerprint density at radius 1 is 1.19 bits per heavy atom. The summed E-state index contributed by atoms with van der Waals surface area (Å²) in [5.74, 6) is 0. The van der Waals surface area contributed by atoms with Gasteiger partial charge in [0.1, 0.15) is 6.10 Å². The van der Waals surface area contributed by atoms with Crippen LogP contribution in [0.2, 0.25) is 0 Å². The maximum atomic E-state index is 10.6. The third kappa shape index (κ3) is 2.96. The molecule has 1 heterocycles. The topological polar surface area (TPSA) is 72.6 Å². The Bertz CT molecular complexity index is 662. The van der Waals surface area contributed by atoms with Gasteiger partial charge in [-0.3, -0.25) is 10.1 Å². The van der Waals surface area contributed by atoms with E-state index in [1.54, 1.807) is 0 Å². The molecule has 0 fully saturated rings. The molecule has 5 nitrogen and oxygen atoms in total. The molecule has 6 heteroatoms. The predicted molar refractivity (Wildman–Crippen MR) is 79.0 cm³/mol. The van der Waals surface area contributed by atoms with E-state index in [9.17, 15) is 15.1 Å². The van der Waals surface area contributed by atoms with E-state index in [2.05, 4.69) is 0 Å². The van der Waals surface area contributed by atoms with Gasteiger partial charge >= 0.3 is 7.12 Å². The smallest absolute Gasteiger partial charge is 0.423 e. The minimum Gasteiger partial charge on any atom is -0.423 e. The van der Waals surface area contributed by atoms with Crippen LogP contribution >= 0.6 is 0 Å². The van der Waals surface area contributed by atoms with E-state index in [0.29, 0.717) is 11.0 Å². The lowest BCUT2D eigenvalue weighted by atomic mass is 9.78. The van der Waals surface area contributed by atoms with Gasteiger partial charge in [-0.1, -0.05) is 48.5 Å². The first-order chi connectivity index (χ1) is 10.1. The van der Waals surface area contributed by atoms with E-state index in [4.69, 9.17) is 4.65 Å². The minimum atomic E-state index is -1.08. The molecule has 21 heavy (non-hydrogen) atoms. The third-order valence-corrected chi connectivity index (χ3v) is 3.62. The predicted octanol–water partition coefficient (Wildman–Crippen LogP) is 1.31. The van der Waals surface area contributed by atoms with Gasteiger partial charge in [0.15, 0.2) is 0 Å². The summed E-state index contributed by atoms with van der Waals surface area (Å²) in [6.07, 6.45) is 0.0802. The number of hydrogen-bond donors (Lipinski definition) is 1. The number of hydrogen-bond acceptors (Lipinski definition) is 4. The maximum absolute atomic E-state index is 10.6. The second-order valence-electron chi connectivity index (χ2n) is 5.12. The molecule has 2 aromatic carbocycles. The molecule has 0 radical (unpaired) electrons. The Labute approximate surface area is 122 Å². The quantitative estimate of drug-likeness (QED) is 0.521. The van der Waals surface area contributed by atoms with Gasteiger partial charge in [-0.2, -0.15) is 0 Å². The first-order valence-electron chi connectivity index (χ1n) is 6.75. The molecule has 1 atom stereocenters. The molecule has 0 amide bonds. The van der Waals surface area contributed by atoms with E-state index < -0.39 is 18.1 Å². The standard InChI is InChI=1S/C15H14BNO4/c18-16-14-9-12(8-11-4-2-1-3-5-11)6-7-13(14)15(21-16)10-17(19)20/h1-7,9,15,18H,8,10H2. The van der Waals surface area contributed by atoms with E-state index in [1.807, 2.05) is 48.5 Å². The first kappa shape index (κ1) is 13.8. The normalized spacial score (nSPS) is 16.8. The Kier molecular flexibility index (Phi) is 3.73. The molecule has 3 rings (SSSR count). The number of rotatable bonds is 4. The van der Waals surface area contributed by atoms with Crippen LogP contribution in [0.3, 0.4) is 0 Å². The van der Waals surface area contributed by atoms with Crippen LogP contribution in [0.1, 0.15) is 22.8 Å². The fourth-order valence-electron chi connectivity index (χ4n) is 2.65. The van der Waals surface area contributed by atoms with Crippen molar-refractivity contribution < 1.29 is 14.6 Å². The summed E-state index contributed by atoms with van der Waals surface area (Å²) in [5, 5.41) is 20.5.